The minimum Gasteiger partial charge on any atom is -0.463 e. The van der Waals surface area contributed by atoms with Crippen LogP contribution in [-0.4, -0.2) is 30.9 Å². The van der Waals surface area contributed by atoms with Crippen molar-refractivity contribution in [3.63, 3.8) is 0 Å². The van der Waals surface area contributed by atoms with Crippen LogP contribution in [-0.2, 0) is 19.0 Å². The maximum Gasteiger partial charge on any atom is 0.379 e. The molecule has 2 aliphatic rings. The Labute approximate surface area is 101 Å². The number of carbonyl (C=O) groups excluding carboxylic acids is 1. The molecular formula is C10H11ClF2O4. The summed E-state index contributed by atoms with van der Waals surface area (Å²) in [5.74, 6) is -2.18. The zero-order chi connectivity index (χ0) is 12.6. The van der Waals surface area contributed by atoms with Crippen LogP contribution in [0.3, 0.4) is 0 Å². The number of ether oxygens (including phenoxy) is 3. The molecule has 0 radical (unpaired) electrons. The molecule has 0 N–H and O–H groups in total. The minimum atomic E-state index is -3.73. The molecule has 2 aliphatic heterocycles. The summed E-state index contributed by atoms with van der Waals surface area (Å²) in [5, 5.41) is -3.73. The fourth-order valence-electron chi connectivity index (χ4n) is 1.98. The van der Waals surface area contributed by atoms with Gasteiger partial charge in [-0.2, -0.15) is 8.78 Å². The molecule has 7 heteroatoms. The Kier molecular flexibility index (Phi) is 3.27. The standard InChI is InChI=1S/C10H11ClF2O4/c1-2-15-8(14)6-5-3-4-16-9(5)17-7(6)10(11,12)13/h5,9H,2-4H2,1H3. The molecule has 0 aromatic heterocycles. The van der Waals surface area contributed by atoms with Crippen LogP contribution in [0, 0.1) is 5.92 Å². The van der Waals surface area contributed by atoms with Gasteiger partial charge in [0.25, 0.3) is 0 Å². The SMILES string of the molecule is CCOC(=O)C1=C(C(F)(F)Cl)OC2OCCC12. The summed E-state index contributed by atoms with van der Waals surface area (Å²) in [4.78, 5) is 11.6. The molecule has 1 saturated heterocycles. The van der Waals surface area contributed by atoms with Crippen molar-refractivity contribution in [3.8, 4) is 0 Å². The molecule has 2 unspecified atom stereocenters. The maximum absolute atomic E-state index is 13.1. The van der Waals surface area contributed by atoms with E-state index in [0.29, 0.717) is 13.0 Å². The van der Waals surface area contributed by atoms with Gasteiger partial charge in [0, 0.05) is 0 Å². The number of esters is 1. The van der Waals surface area contributed by atoms with Crippen molar-refractivity contribution in [2.75, 3.05) is 13.2 Å². The minimum absolute atomic E-state index is 0.0989. The van der Waals surface area contributed by atoms with Crippen molar-refractivity contribution >= 4 is 17.6 Å². The van der Waals surface area contributed by atoms with Gasteiger partial charge in [-0.1, -0.05) is 0 Å². The van der Waals surface area contributed by atoms with Crippen LogP contribution in [0.2, 0.25) is 0 Å². The molecule has 2 atom stereocenters. The third-order valence-electron chi connectivity index (χ3n) is 2.64. The van der Waals surface area contributed by atoms with E-state index < -0.39 is 29.3 Å². The largest absolute Gasteiger partial charge is 0.463 e. The lowest BCUT2D eigenvalue weighted by Crippen LogP contribution is -2.19. The van der Waals surface area contributed by atoms with E-state index in [2.05, 4.69) is 0 Å². The number of halogens is 3. The number of allylic oxidation sites excluding steroid dienone is 1. The highest BCUT2D eigenvalue weighted by molar-refractivity contribution is 6.23. The lowest BCUT2D eigenvalue weighted by atomic mass is 9.98. The lowest BCUT2D eigenvalue weighted by Gasteiger charge is -2.13. The third kappa shape index (κ3) is 2.24. The fraction of sp³-hybridized carbons (Fsp3) is 0.700. The Morgan fingerprint density at radius 3 is 2.94 bits per heavy atom. The van der Waals surface area contributed by atoms with Crippen molar-refractivity contribution in [2.24, 2.45) is 5.92 Å². The predicted molar refractivity (Wildman–Crippen MR) is 53.4 cm³/mol. The molecule has 1 fully saturated rings. The molecule has 2 heterocycles. The van der Waals surface area contributed by atoms with Crippen LogP contribution >= 0.6 is 11.6 Å². The summed E-state index contributed by atoms with van der Waals surface area (Å²) in [6, 6.07) is 0. The van der Waals surface area contributed by atoms with E-state index in [-0.39, 0.29) is 12.2 Å². The smallest absolute Gasteiger partial charge is 0.379 e. The average Bonchev–Trinajstić information content (AvgIpc) is 2.73. The van der Waals surface area contributed by atoms with E-state index in [1.807, 2.05) is 0 Å². The van der Waals surface area contributed by atoms with Gasteiger partial charge in [-0.05, 0) is 24.9 Å². The van der Waals surface area contributed by atoms with Crippen LogP contribution < -0.4 is 0 Å². The van der Waals surface area contributed by atoms with Gasteiger partial charge in [0.2, 0.25) is 6.29 Å². The monoisotopic (exact) mass is 268 g/mol. The van der Waals surface area contributed by atoms with E-state index in [1.54, 1.807) is 6.92 Å². The quantitative estimate of drug-likeness (QED) is 0.580. The first-order chi connectivity index (χ1) is 7.95. The highest BCUT2D eigenvalue weighted by atomic mass is 35.5. The highest BCUT2D eigenvalue weighted by Gasteiger charge is 2.52. The molecule has 0 aliphatic carbocycles. The molecule has 0 spiro atoms. The van der Waals surface area contributed by atoms with Crippen molar-refractivity contribution in [1.82, 2.24) is 0 Å². The second-order valence-corrected chi connectivity index (χ2v) is 4.19. The number of rotatable bonds is 3. The summed E-state index contributed by atoms with van der Waals surface area (Å²) < 4.78 is 40.9. The van der Waals surface area contributed by atoms with Crippen LogP contribution in [0.5, 0.6) is 0 Å². The first-order valence-electron chi connectivity index (χ1n) is 5.22. The van der Waals surface area contributed by atoms with Gasteiger partial charge in [0.05, 0.1) is 24.7 Å². The molecule has 0 aromatic rings. The molecule has 2 rings (SSSR count). The zero-order valence-electron chi connectivity index (χ0n) is 9.04. The van der Waals surface area contributed by atoms with Crippen molar-refractivity contribution in [3.05, 3.63) is 11.3 Å². The molecule has 0 aromatic carbocycles. The Bertz CT molecular complexity index is 364. The zero-order valence-corrected chi connectivity index (χ0v) is 9.80. The number of alkyl halides is 3. The van der Waals surface area contributed by atoms with Gasteiger partial charge in [-0.25, -0.2) is 4.79 Å². The first kappa shape index (κ1) is 12.6. The topological polar surface area (TPSA) is 44.8 Å². The fourth-order valence-corrected chi connectivity index (χ4v) is 2.13. The van der Waals surface area contributed by atoms with Crippen molar-refractivity contribution < 1.29 is 27.8 Å². The summed E-state index contributed by atoms with van der Waals surface area (Å²) in [6.45, 7) is 2.05. The number of hydrogen-bond donors (Lipinski definition) is 0. The molecule has 96 valence electrons. The second kappa shape index (κ2) is 4.42. The van der Waals surface area contributed by atoms with Gasteiger partial charge >= 0.3 is 11.4 Å². The summed E-state index contributed by atoms with van der Waals surface area (Å²) in [5.41, 5.74) is -0.200. The van der Waals surface area contributed by atoms with E-state index >= 15 is 0 Å². The van der Waals surface area contributed by atoms with Gasteiger partial charge in [0.1, 0.15) is 0 Å². The molecule has 17 heavy (non-hydrogen) atoms. The molecule has 0 saturated carbocycles. The Balaban J connectivity index is 2.33. The number of fused-ring (bicyclic) bond motifs is 1. The Morgan fingerprint density at radius 2 is 2.35 bits per heavy atom. The van der Waals surface area contributed by atoms with Gasteiger partial charge < -0.3 is 14.2 Å². The Morgan fingerprint density at radius 1 is 1.65 bits per heavy atom. The van der Waals surface area contributed by atoms with Gasteiger partial charge in [-0.3, -0.25) is 0 Å². The molecule has 4 nitrogen and oxygen atoms in total. The molecule has 0 amide bonds. The number of hydrogen-bond acceptors (Lipinski definition) is 4. The Hall–Kier alpha value is -0.880. The van der Waals surface area contributed by atoms with Crippen LogP contribution in [0.4, 0.5) is 8.78 Å². The number of carbonyl (C=O) groups is 1. The van der Waals surface area contributed by atoms with Crippen molar-refractivity contribution in [1.29, 1.82) is 0 Å². The van der Waals surface area contributed by atoms with Gasteiger partial charge in [-0.15, -0.1) is 0 Å². The molecule has 0 bridgehead atoms. The third-order valence-corrected chi connectivity index (χ3v) is 2.81. The second-order valence-electron chi connectivity index (χ2n) is 3.71. The predicted octanol–water partition coefficient (Wildman–Crippen LogP) is 2.03. The summed E-state index contributed by atoms with van der Waals surface area (Å²) >= 11 is 4.91. The maximum atomic E-state index is 13.1. The van der Waals surface area contributed by atoms with Crippen LogP contribution in [0.1, 0.15) is 13.3 Å². The van der Waals surface area contributed by atoms with Crippen LogP contribution in [0.25, 0.3) is 0 Å². The summed E-state index contributed by atoms with van der Waals surface area (Å²) in [7, 11) is 0. The molecular weight excluding hydrogens is 258 g/mol. The van der Waals surface area contributed by atoms with E-state index in [9.17, 15) is 13.6 Å². The van der Waals surface area contributed by atoms with Crippen molar-refractivity contribution in [2.45, 2.75) is 25.0 Å². The average molecular weight is 269 g/mol. The van der Waals surface area contributed by atoms with Crippen LogP contribution in [0.15, 0.2) is 11.3 Å². The lowest BCUT2D eigenvalue weighted by molar-refractivity contribution is -0.139. The normalized spacial score (nSPS) is 28.0. The van der Waals surface area contributed by atoms with E-state index in [4.69, 9.17) is 25.8 Å². The summed E-state index contributed by atoms with van der Waals surface area (Å²) in [6.07, 6.45) is -0.413. The van der Waals surface area contributed by atoms with Gasteiger partial charge in [0.15, 0.2) is 5.76 Å². The van der Waals surface area contributed by atoms with E-state index in [1.165, 1.54) is 0 Å². The van der Waals surface area contributed by atoms with E-state index in [0.717, 1.165) is 0 Å². The first-order valence-corrected chi connectivity index (χ1v) is 5.59. The highest BCUT2D eigenvalue weighted by Crippen LogP contribution is 2.45.